The lowest BCUT2D eigenvalue weighted by atomic mass is 10.1. The van der Waals surface area contributed by atoms with Crippen LogP contribution in [0.1, 0.15) is 31.7 Å². The molecule has 0 spiro atoms. The number of aryl methyl sites for hydroxylation is 1. The number of imidazole rings is 1. The number of aliphatic hydroxyl groups excluding tert-OH is 1. The highest BCUT2D eigenvalue weighted by Gasteiger charge is 2.36. The third-order valence-electron chi connectivity index (χ3n) is 4.12. The molecule has 1 N–H and O–H groups in total. The van der Waals surface area contributed by atoms with Gasteiger partial charge in [-0.05, 0) is 26.3 Å². The second-order valence-electron chi connectivity index (χ2n) is 5.18. The fraction of sp³-hybridized carbons (Fsp3) is 0.769. The molecule has 18 heavy (non-hydrogen) atoms. The predicted molar refractivity (Wildman–Crippen MR) is 67.2 cm³/mol. The van der Waals surface area contributed by atoms with E-state index in [9.17, 15) is 5.11 Å². The molecule has 0 aliphatic carbocycles. The molecule has 3 unspecified atom stereocenters. The summed E-state index contributed by atoms with van der Waals surface area (Å²) in [4.78, 5) is 6.70. The van der Waals surface area contributed by atoms with Crippen LogP contribution in [0.15, 0.2) is 12.4 Å². The van der Waals surface area contributed by atoms with E-state index in [4.69, 9.17) is 4.74 Å². The number of hydrogen-bond acceptors (Lipinski definition) is 4. The highest BCUT2D eigenvalue weighted by Crippen LogP contribution is 2.28. The van der Waals surface area contributed by atoms with Crippen LogP contribution in [-0.2, 0) is 11.3 Å². The fourth-order valence-electron chi connectivity index (χ4n) is 3.05. The second kappa shape index (κ2) is 4.99. The van der Waals surface area contributed by atoms with Crippen LogP contribution in [0.2, 0.25) is 0 Å². The van der Waals surface area contributed by atoms with Gasteiger partial charge in [-0.25, -0.2) is 4.98 Å². The summed E-state index contributed by atoms with van der Waals surface area (Å²) < 4.78 is 7.81. The van der Waals surface area contributed by atoms with Crippen LogP contribution < -0.4 is 0 Å². The first-order chi connectivity index (χ1) is 8.79. The van der Waals surface area contributed by atoms with Crippen LogP contribution in [0.5, 0.6) is 0 Å². The second-order valence-corrected chi connectivity index (χ2v) is 5.18. The maximum Gasteiger partial charge on any atom is 0.140 e. The van der Waals surface area contributed by atoms with Gasteiger partial charge in [0, 0.05) is 31.5 Å². The van der Waals surface area contributed by atoms with E-state index in [0.29, 0.717) is 6.04 Å². The Labute approximate surface area is 107 Å². The number of aliphatic hydroxyl groups is 1. The topological polar surface area (TPSA) is 50.5 Å². The number of ether oxygens (including phenoxy) is 1. The van der Waals surface area contributed by atoms with E-state index < -0.39 is 6.10 Å². The molecule has 0 aromatic carbocycles. The van der Waals surface area contributed by atoms with Crippen molar-refractivity contribution >= 4 is 0 Å². The van der Waals surface area contributed by atoms with Gasteiger partial charge in [-0.3, -0.25) is 4.90 Å². The highest BCUT2D eigenvalue weighted by atomic mass is 16.5. The average Bonchev–Trinajstić information content (AvgIpc) is 3.05. The summed E-state index contributed by atoms with van der Waals surface area (Å²) in [6.07, 6.45) is 5.35. The van der Waals surface area contributed by atoms with E-state index in [1.807, 2.05) is 10.8 Å². The molecule has 5 heteroatoms. The SMILES string of the molecule is CCn1ccnc1C(O)C1CN2CCCC2CO1. The molecule has 100 valence electrons. The van der Waals surface area contributed by atoms with Crippen molar-refractivity contribution in [2.24, 2.45) is 0 Å². The van der Waals surface area contributed by atoms with Crippen LogP contribution in [0.4, 0.5) is 0 Å². The number of hydrogen-bond donors (Lipinski definition) is 1. The first kappa shape index (κ1) is 12.1. The molecule has 3 heterocycles. The first-order valence-electron chi connectivity index (χ1n) is 6.84. The normalized spacial score (nSPS) is 30.3. The highest BCUT2D eigenvalue weighted by molar-refractivity contribution is 5.01. The lowest BCUT2D eigenvalue weighted by Gasteiger charge is -2.37. The van der Waals surface area contributed by atoms with Crippen LogP contribution in [0.25, 0.3) is 0 Å². The van der Waals surface area contributed by atoms with E-state index in [1.165, 1.54) is 12.8 Å². The zero-order valence-corrected chi connectivity index (χ0v) is 10.8. The number of rotatable bonds is 3. The van der Waals surface area contributed by atoms with Gasteiger partial charge < -0.3 is 14.4 Å². The smallest absolute Gasteiger partial charge is 0.140 e. The summed E-state index contributed by atoms with van der Waals surface area (Å²) in [5, 5.41) is 10.4. The quantitative estimate of drug-likeness (QED) is 0.863. The van der Waals surface area contributed by atoms with Gasteiger partial charge in [0.1, 0.15) is 18.0 Å². The molecule has 0 radical (unpaired) electrons. The van der Waals surface area contributed by atoms with Crippen molar-refractivity contribution in [3.05, 3.63) is 18.2 Å². The zero-order chi connectivity index (χ0) is 12.5. The zero-order valence-electron chi connectivity index (χ0n) is 10.8. The number of fused-ring (bicyclic) bond motifs is 1. The van der Waals surface area contributed by atoms with Crippen molar-refractivity contribution in [1.29, 1.82) is 0 Å². The predicted octanol–water partition coefficient (Wildman–Crippen LogP) is 0.800. The Balaban J connectivity index is 1.71. The van der Waals surface area contributed by atoms with Crippen molar-refractivity contribution < 1.29 is 9.84 Å². The van der Waals surface area contributed by atoms with E-state index in [2.05, 4.69) is 16.8 Å². The van der Waals surface area contributed by atoms with Crippen molar-refractivity contribution in [2.45, 2.75) is 44.6 Å². The summed E-state index contributed by atoms with van der Waals surface area (Å²) in [6.45, 7) is 5.58. The van der Waals surface area contributed by atoms with Gasteiger partial charge in [-0.2, -0.15) is 0 Å². The van der Waals surface area contributed by atoms with E-state index >= 15 is 0 Å². The standard InChI is InChI=1S/C13H21N3O2/c1-2-15-7-5-14-13(15)12(17)11-8-16-6-3-4-10(16)9-18-11/h5,7,10-12,17H,2-4,6,8-9H2,1H3. The van der Waals surface area contributed by atoms with Crippen LogP contribution in [0, 0.1) is 0 Å². The fourth-order valence-corrected chi connectivity index (χ4v) is 3.05. The summed E-state index contributed by atoms with van der Waals surface area (Å²) in [5.41, 5.74) is 0. The van der Waals surface area contributed by atoms with Gasteiger partial charge in [-0.1, -0.05) is 0 Å². The molecule has 3 rings (SSSR count). The molecule has 1 aromatic heterocycles. The third kappa shape index (κ3) is 2.06. The lowest BCUT2D eigenvalue weighted by molar-refractivity contribution is -0.106. The van der Waals surface area contributed by atoms with Crippen molar-refractivity contribution in [2.75, 3.05) is 19.7 Å². The molecular formula is C13H21N3O2. The van der Waals surface area contributed by atoms with E-state index in [-0.39, 0.29) is 6.10 Å². The van der Waals surface area contributed by atoms with Gasteiger partial charge in [0.05, 0.1) is 6.61 Å². The average molecular weight is 251 g/mol. The maximum absolute atomic E-state index is 10.4. The third-order valence-corrected chi connectivity index (χ3v) is 4.12. The Kier molecular flexibility index (Phi) is 3.37. The van der Waals surface area contributed by atoms with Crippen molar-refractivity contribution in [3.63, 3.8) is 0 Å². The number of nitrogens with zero attached hydrogens (tertiary/aromatic N) is 3. The molecule has 2 saturated heterocycles. The minimum Gasteiger partial charge on any atom is -0.382 e. The van der Waals surface area contributed by atoms with Gasteiger partial charge in [0.25, 0.3) is 0 Å². The van der Waals surface area contributed by atoms with E-state index in [0.717, 1.165) is 32.1 Å². The molecule has 2 fully saturated rings. The summed E-state index contributed by atoms with van der Waals surface area (Å²) in [6, 6.07) is 0.569. The molecule has 2 aliphatic rings. The van der Waals surface area contributed by atoms with Gasteiger partial charge >= 0.3 is 0 Å². The summed E-state index contributed by atoms with van der Waals surface area (Å²) >= 11 is 0. The largest absolute Gasteiger partial charge is 0.382 e. The van der Waals surface area contributed by atoms with Crippen LogP contribution in [-0.4, -0.2) is 51.4 Å². The van der Waals surface area contributed by atoms with Gasteiger partial charge in [0.2, 0.25) is 0 Å². The van der Waals surface area contributed by atoms with Gasteiger partial charge in [-0.15, -0.1) is 0 Å². The number of morpholine rings is 1. The Bertz CT molecular complexity index is 407. The molecular weight excluding hydrogens is 230 g/mol. The van der Waals surface area contributed by atoms with E-state index in [1.54, 1.807) is 6.20 Å². The molecule has 0 saturated carbocycles. The van der Waals surface area contributed by atoms with Crippen molar-refractivity contribution in [3.8, 4) is 0 Å². The van der Waals surface area contributed by atoms with Crippen LogP contribution in [0.3, 0.4) is 0 Å². The Morgan fingerprint density at radius 1 is 1.61 bits per heavy atom. The monoisotopic (exact) mass is 251 g/mol. The molecule has 0 bridgehead atoms. The van der Waals surface area contributed by atoms with Crippen molar-refractivity contribution in [1.82, 2.24) is 14.5 Å². The minimum atomic E-state index is -0.624. The maximum atomic E-state index is 10.4. The Hall–Kier alpha value is -0.910. The lowest BCUT2D eigenvalue weighted by Crippen LogP contribution is -2.48. The summed E-state index contributed by atoms with van der Waals surface area (Å²) in [7, 11) is 0. The van der Waals surface area contributed by atoms with Gasteiger partial charge in [0.15, 0.2) is 0 Å². The van der Waals surface area contributed by atoms with Crippen LogP contribution >= 0.6 is 0 Å². The summed E-state index contributed by atoms with van der Waals surface area (Å²) in [5.74, 6) is 0.722. The molecule has 5 nitrogen and oxygen atoms in total. The number of aromatic nitrogens is 2. The Morgan fingerprint density at radius 2 is 2.50 bits per heavy atom. The Morgan fingerprint density at radius 3 is 3.33 bits per heavy atom. The minimum absolute atomic E-state index is 0.146. The molecule has 1 aromatic rings. The molecule has 0 amide bonds. The molecule has 2 aliphatic heterocycles. The molecule has 3 atom stereocenters. The first-order valence-corrected chi connectivity index (χ1v) is 6.84.